The van der Waals surface area contributed by atoms with Crippen molar-refractivity contribution in [3.8, 4) is 16.5 Å². The standard InChI is InChI=1S/C20H22N4O3S/c1-26-16-6-4-14(5-7-16)13-21-20(25)24-10-8-15(9-11-24)18-22-23-19(28-18)17-3-2-12-27-17/h2-7,12,15H,8-11,13H2,1H3,(H,21,25). The lowest BCUT2D eigenvalue weighted by Gasteiger charge is -2.31. The minimum atomic E-state index is -0.0252. The van der Waals surface area contributed by atoms with Crippen molar-refractivity contribution in [2.75, 3.05) is 20.2 Å². The number of amides is 2. The summed E-state index contributed by atoms with van der Waals surface area (Å²) in [6, 6.07) is 11.4. The number of nitrogens with zero attached hydrogens (tertiary/aromatic N) is 3. The maximum Gasteiger partial charge on any atom is 0.317 e. The Bertz CT molecular complexity index is 900. The Labute approximate surface area is 167 Å². The summed E-state index contributed by atoms with van der Waals surface area (Å²) in [6.07, 6.45) is 3.42. The van der Waals surface area contributed by atoms with Crippen LogP contribution in [0.5, 0.6) is 5.75 Å². The molecule has 1 aliphatic rings. The molecule has 146 valence electrons. The Hall–Kier alpha value is -2.87. The molecule has 3 aromatic rings. The third-order valence-electron chi connectivity index (χ3n) is 4.91. The van der Waals surface area contributed by atoms with Crippen LogP contribution in [0.3, 0.4) is 0 Å². The molecule has 7 nitrogen and oxygen atoms in total. The normalized spacial score (nSPS) is 14.8. The van der Waals surface area contributed by atoms with Crippen LogP contribution in [0.1, 0.15) is 29.3 Å². The molecule has 28 heavy (non-hydrogen) atoms. The van der Waals surface area contributed by atoms with Crippen molar-refractivity contribution < 1.29 is 13.9 Å². The molecule has 1 aliphatic heterocycles. The summed E-state index contributed by atoms with van der Waals surface area (Å²) in [4.78, 5) is 14.3. The lowest BCUT2D eigenvalue weighted by molar-refractivity contribution is 0.181. The van der Waals surface area contributed by atoms with Crippen LogP contribution in [0.15, 0.2) is 47.1 Å². The van der Waals surface area contributed by atoms with E-state index in [4.69, 9.17) is 9.15 Å². The highest BCUT2D eigenvalue weighted by molar-refractivity contribution is 7.14. The molecule has 4 rings (SSSR count). The van der Waals surface area contributed by atoms with Gasteiger partial charge in [-0.05, 0) is 42.7 Å². The smallest absolute Gasteiger partial charge is 0.317 e. The second-order valence-corrected chi connectivity index (χ2v) is 7.70. The topological polar surface area (TPSA) is 80.5 Å². The molecule has 1 saturated heterocycles. The van der Waals surface area contributed by atoms with Gasteiger partial charge in [-0.2, -0.15) is 0 Å². The molecule has 0 bridgehead atoms. The van der Waals surface area contributed by atoms with Gasteiger partial charge in [0.1, 0.15) is 10.8 Å². The number of urea groups is 1. The van der Waals surface area contributed by atoms with Crippen LogP contribution in [0.2, 0.25) is 0 Å². The highest BCUT2D eigenvalue weighted by atomic mass is 32.1. The third kappa shape index (κ3) is 4.17. The van der Waals surface area contributed by atoms with Gasteiger partial charge in [0.2, 0.25) is 0 Å². The van der Waals surface area contributed by atoms with Crippen molar-refractivity contribution in [1.29, 1.82) is 0 Å². The minimum Gasteiger partial charge on any atom is -0.497 e. The zero-order valence-corrected chi connectivity index (χ0v) is 16.4. The van der Waals surface area contributed by atoms with E-state index >= 15 is 0 Å². The number of piperidine rings is 1. The molecule has 8 heteroatoms. The number of hydrogen-bond donors (Lipinski definition) is 1. The Morgan fingerprint density at radius 3 is 2.71 bits per heavy atom. The van der Waals surface area contributed by atoms with Crippen molar-refractivity contribution in [2.24, 2.45) is 0 Å². The number of carbonyl (C=O) groups is 1. The van der Waals surface area contributed by atoms with Gasteiger partial charge in [-0.3, -0.25) is 0 Å². The highest BCUT2D eigenvalue weighted by Crippen LogP contribution is 2.33. The van der Waals surface area contributed by atoms with Crippen LogP contribution in [-0.4, -0.2) is 41.3 Å². The summed E-state index contributed by atoms with van der Waals surface area (Å²) in [5.41, 5.74) is 1.04. The number of furan rings is 1. The number of nitrogens with one attached hydrogen (secondary N) is 1. The maximum atomic E-state index is 12.4. The summed E-state index contributed by atoms with van der Waals surface area (Å²) in [5, 5.41) is 13.4. The average molecular weight is 398 g/mol. The SMILES string of the molecule is COc1ccc(CNC(=O)N2CCC(c3nnc(-c4ccco4)s3)CC2)cc1. The predicted octanol–water partition coefficient (Wildman–Crippen LogP) is 3.90. The van der Waals surface area contributed by atoms with Gasteiger partial charge in [0, 0.05) is 25.6 Å². The van der Waals surface area contributed by atoms with Crippen LogP contribution in [-0.2, 0) is 6.54 Å². The lowest BCUT2D eigenvalue weighted by Crippen LogP contribution is -2.43. The van der Waals surface area contributed by atoms with E-state index in [1.165, 1.54) is 0 Å². The summed E-state index contributed by atoms with van der Waals surface area (Å²) in [6.45, 7) is 1.94. The first-order chi connectivity index (χ1) is 13.7. The van der Waals surface area contributed by atoms with Gasteiger partial charge in [-0.1, -0.05) is 23.5 Å². The Kier molecular flexibility index (Phi) is 5.57. The second-order valence-electron chi connectivity index (χ2n) is 6.69. The number of methoxy groups -OCH3 is 1. The van der Waals surface area contributed by atoms with E-state index in [9.17, 15) is 4.79 Å². The fraction of sp³-hybridized carbons (Fsp3) is 0.350. The van der Waals surface area contributed by atoms with Crippen molar-refractivity contribution in [3.63, 3.8) is 0 Å². The molecular formula is C20H22N4O3S. The van der Waals surface area contributed by atoms with Crippen LogP contribution in [0.25, 0.3) is 10.8 Å². The van der Waals surface area contributed by atoms with Gasteiger partial charge >= 0.3 is 6.03 Å². The largest absolute Gasteiger partial charge is 0.497 e. The third-order valence-corrected chi connectivity index (χ3v) is 6.01. The highest BCUT2D eigenvalue weighted by Gasteiger charge is 2.26. The molecule has 2 aromatic heterocycles. The van der Waals surface area contributed by atoms with Gasteiger partial charge in [0.25, 0.3) is 0 Å². The van der Waals surface area contributed by atoms with Gasteiger partial charge in [0.15, 0.2) is 10.8 Å². The van der Waals surface area contributed by atoms with Crippen LogP contribution in [0, 0.1) is 0 Å². The van der Waals surface area contributed by atoms with E-state index < -0.39 is 0 Å². The quantitative estimate of drug-likeness (QED) is 0.705. The van der Waals surface area contributed by atoms with E-state index in [1.54, 1.807) is 24.7 Å². The molecule has 1 aromatic carbocycles. The van der Waals surface area contributed by atoms with Gasteiger partial charge < -0.3 is 19.4 Å². The van der Waals surface area contributed by atoms with Gasteiger partial charge in [0.05, 0.1) is 13.4 Å². The van der Waals surface area contributed by atoms with Crippen LogP contribution >= 0.6 is 11.3 Å². The first kappa shape index (κ1) is 18.5. The summed E-state index contributed by atoms with van der Waals surface area (Å²) >= 11 is 1.57. The molecular weight excluding hydrogens is 376 g/mol. The Morgan fingerprint density at radius 2 is 2.04 bits per heavy atom. The molecule has 1 N–H and O–H groups in total. The van der Waals surface area contributed by atoms with E-state index in [1.807, 2.05) is 41.3 Å². The van der Waals surface area contributed by atoms with Crippen molar-refractivity contribution in [1.82, 2.24) is 20.4 Å². The molecule has 3 heterocycles. The second kappa shape index (κ2) is 8.43. The Morgan fingerprint density at radius 1 is 1.25 bits per heavy atom. The molecule has 2 amide bonds. The molecule has 0 saturated carbocycles. The Balaban J connectivity index is 1.27. The van der Waals surface area contributed by atoms with E-state index in [0.29, 0.717) is 12.5 Å². The first-order valence-electron chi connectivity index (χ1n) is 9.26. The van der Waals surface area contributed by atoms with E-state index in [-0.39, 0.29) is 6.03 Å². The number of hydrogen-bond acceptors (Lipinski definition) is 6. The first-order valence-corrected chi connectivity index (χ1v) is 10.1. The van der Waals surface area contributed by atoms with E-state index in [2.05, 4.69) is 15.5 Å². The number of likely N-dealkylation sites (tertiary alicyclic amines) is 1. The summed E-state index contributed by atoms with van der Waals surface area (Å²) in [5.74, 6) is 1.90. The van der Waals surface area contributed by atoms with E-state index in [0.717, 1.165) is 53.0 Å². The van der Waals surface area contributed by atoms with Crippen molar-refractivity contribution in [3.05, 3.63) is 53.2 Å². The number of rotatable bonds is 5. The molecule has 0 radical (unpaired) electrons. The molecule has 0 spiro atoms. The number of benzene rings is 1. The van der Waals surface area contributed by atoms with Crippen LogP contribution in [0.4, 0.5) is 4.79 Å². The molecule has 0 unspecified atom stereocenters. The lowest BCUT2D eigenvalue weighted by atomic mass is 9.98. The van der Waals surface area contributed by atoms with Gasteiger partial charge in [-0.25, -0.2) is 4.79 Å². The maximum absolute atomic E-state index is 12.4. The molecule has 0 atom stereocenters. The zero-order chi connectivity index (χ0) is 19.3. The average Bonchev–Trinajstić information content (AvgIpc) is 3.44. The molecule has 1 fully saturated rings. The fourth-order valence-corrected chi connectivity index (χ4v) is 4.24. The minimum absolute atomic E-state index is 0.0252. The predicted molar refractivity (Wildman–Crippen MR) is 106 cm³/mol. The van der Waals surface area contributed by atoms with Crippen molar-refractivity contribution >= 4 is 17.4 Å². The number of ether oxygens (including phenoxy) is 1. The molecule has 0 aliphatic carbocycles. The number of carbonyl (C=O) groups excluding carboxylic acids is 1. The summed E-state index contributed by atoms with van der Waals surface area (Å²) in [7, 11) is 1.64. The monoisotopic (exact) mass is 398 g/mol. The van der Waals surface area contributed by atoms with Gasteiger partial charge in [-0.15, -0.1) is 10.2 Å². The summed E-state index contributed by atoms with van der Waals surface area (Å²) < 4.78 is 10.5. The fourth-order valence-electron chi connectivity index (χ4n) is 3.26. The number of aromatic nitrogens is 2. The van der Waals surface area contributed by atoms with Crippen LogP contribution < -0.4 is 10.1 Å². The zero-order valence-electron chi connectivity index (χ0n) is 15.6. The van der Waals surface area contributed by atoms with Crippen molar-refractivity contribution in [2.45, 2.75) is 25.3 Å².